The van der Waals surface area contributed by atoms with E-state index in [1.165, 1.54) is 12.1 Å². The standard InChI is InChI=1S/C22H15Cl3N4O3/c1-10-12(20(26)30)6-8-17(18(10)25)29-16-7-5-11(21(31)32)9-15(16)27-22(29)28-19-13(23)3-2-4-14(19)24/h2-9H,1H3,(H2,26,30)(H,27,28)(H,31,32). The highest BCUT2D eigenvalue weighted by molar-refractivity contribution is 6.39. The summed E-state index contributed by atoms with van der Waals surface area (Å²) in [4.78, 5) is 27.7. The van der Waals surface area contributed by atoms with Gasteiger partial charge in [0, 0.05) is 5.56 Å². The van der Waals surface area contributed by atoms with E-state index in [9.17, 15) is 14.7 Å². The van der Waals surface area contributed by atoms with Gasteiger partial charge in [0.15, 0.2) is 0 Å². The number of benzene rings is 3. The molecule has 0 atom stereocenters. The van der Waals surface area contributed by atoms with Gasteiger partial charge >= 0.3 is 5.97 Å². The zero-order valence-electron chi connectivity index (χ0n) is 16.5. The number of nitrogens with one attached hydrogen (secondary N) is 1. The van der Waals surface area contributed by atoms with Crippen molar-refractivity contribution in [3.63, 3.8) is 0 Å². The molecule has 0 unspecified atom stereocenters. The predicted molar refractivity (Wildman–Crippen MR) is 126 cm³/mol. The lowest BCUT2D eigenvalue weighted by atomic mass is 10.1. The number of hydrogen-bond acceptors (Lipinski definition) is 4. The molecular weight excluding hydrogens is 475 g/mol. The maximum Gasteiger partial charge on any atom is 0.335 e. The second-order valence-corrected chi connectivity index (χ2v) is 8.13. The third-order valence-electron chi connectivity index (χ3n) is 4.97. The van der Waals surface area contributed by atoms with E-state index in [1.807, 2.05) is 0 Å². The van der Waals surface area contributed by atoms with Crippen molar-refractivity contribution < 1.29 is 14.7 Å². The summed E-state index contributed by atoms with van der Waals surface area (Å²) in [5.74, 6) is -1.38. The molecule has 4 N–H and O–H groups in total. The fourth-order valence-electron chi connectivity index (χ4n) is 3.38. The highest BCUT2D eigenvalue weighted by atomic mass is 35.5. The summed E-state index contributed by atoms with van der Waals surface area (Å²) >= 11 is 19.3. The summed E-state index contributed by atoms with van der Waals surface area (Å²) in [5, 5.41) is 13.5. The van der Waals surface area contributed by atoms with Crippen LogP contribution in [0.3, 0.4) is 0 Å². The Morgan fingerprint density at radius 1 is 1.06 bits per heavy atom. The van der Waals surface area contributed by atoms with Gasteiger partial charge in [-0.2, -0.15) is 0 Å². The van der Waals surface area contributed by atoms with Gasteiger partial charge in [-0.05, 0) is 55.0 Å². The average molecular weight is 490 g/mol. The van der Waals surface area contributed by atoms with Crippen molar-refractivity contribution in [2.24, 2.45) is 5.73 Å². The number of nitrogens with two attached hydrogens (primary N) is 1. The number of fused-ring (bicyclic) bond motifs is 1. The van der Waals surface area contributed by atoms with Crippen molar-refractivity contribution in [2.75, 3.05) is 5.32 Å². The lowest BCUT2D eigenvalue weighted by molar-refractivity contribution is 0.0696. The summed E-state index contributed by atoms with van der Waals surface area (Å²) in [6, 6.07) is 12.8. The van der Waals surface area contributed by atoms with Gasteiger partial charge in [-0.3, -0.25) is 9.36 Å². The number of carboxylic acids is 1. The van der Waals surface area contributed by atoms with Crippen LogP contribution in [0.15, 0.2) is 48.5 Å². The van der Waals surface area contributed by atoms with Crippen molar-refractivity contribution >= 4 is 69.3 Å². The van der Waals surface area contributed by atoms with Gasteiger partial charge in [0.2, 0.25) is 11.9 Å². The first-order valence-corrected chi connectivity index (χ1v) is 10.4. The maximum absolute atomic E-state index is 11.7. The molecule has 10 heteroatoms. The molecule has 0 aliphatic heterocycles. The Balaban J connectivity index is 2.00. The van der Waals surface area contributed by atoms with Crippen molar-refractivity contribution in [2.45, 2.75) is 6.92 Å². The summed E-state index contributed by atoms with van der Waals surface area (Å²) in [6.45, 7) is 1.69. The number of hydrogen-bond donors (Lipinski definition) is 3. The molecule has 1 aromatic heterocycles. The van der Waals surface area contributed by atoms with Crippen LogP contribution in [0.1, 0.15) is 26.3 Å². The Morgan fingerprint density at radius 3 is 2.38 bits per heavy atom. The quantitative estimate of drug-likeness (QED) is 0.326. The Bertz CT molecular complexity index is 1400. The highest BCUT2D eigenvalue weighted by Crippen LogP contribution is 2.37. The molecule has 1 amide bonds. The van der Waals surface area contributed by atoms with E-state index in [2.05, 4.69) is 10.3 Å². The number of para-hydroxylation sites is 1. The van der Waals surface area contributed by atoms with Crippen molar-refractivity contribution in [1.82, 2.24) is 9.55 Å². The number of halogens is 3. The summed E-state index contributed by atoms with van der Waals surface area (Å²) < 4.78 is 1.70. The molecule has 7 nitrogen and oxygen atoms in total. The number of aromatic nitrogens is 2. The molecule has 0 aliphatic rings. The SMILES string of the molecule is Cc1c(C(N)=O)ccc(-n2c(Nc3c(Cl)cccc3Cl)nc3cc(C(=O)O)ccc32)c1Cl. The molecule has 32 heavy (non-hydrogen) atoms. The van der Waals surface area contributed by atoms with E-state index >= 15 is 0 Å². The number of aromatic carboxylic acids is 1. The number of carbonyl (C=O) groups excluding carboxylic acids is 1. The van der Waals surface area contributed by atoms with Crippen LogP contribution < -0.4 is 11.1 Å². The average Bonchev–Trinajstić information content (AvgIpc) is 3.09. The second-order valence-electron chi connectivity index (χ2n) is 6.94. The first-order chi connectivity index (χ1) is 15.2. The number of amides is 1. The van der Waals surface area contributed by atoms with Crippen molar-refractivity contribution in [3.05, 3.63) is 80.3 Å². The van der Waals surface area contributed by atoms with Crippen LogP contribution in [0.4, 0.5) is 11.6 Å². The minimum absolute atomic E-state index is 0.0795. The summed E-state index contributed by atoms with van der Waals surface area (Å²) in [7, 11) is 0. The predicted octanol–water partition coefficient (Wildman–Crippen LogP) is 5.83. The van der Waals surface area contributed by atoms with Gasteiger partial charge in [0.1, 0.15) is 0 Å². The normalized spacial score (nSPS) is 11.0. The molecule has 4 rings (SSSR count). The molecule has 0 bridgehead atoms. The zero-order valence-corrected chi connectivity index (χ0v) is 18.8. The molecule has 162 valence electrons. The summed E-state index contributed by atoms with van der Waals surface area (Å²) in [6.07, 6.45) is 0. The van der Waals surface area contributed by atoms with Crippen LogP contribution in [0, 0.1) is 6.92 Å². The van der Waals surface area contributed by atoms with Crippen molar-refractivity contribution in [1.29, 1.82) is 0 Å². The molecule has 4 aromatic rings. The first kappa shape index (κ1) is 22.0. The minimum Gasteiger partial charge on any atom is -0.478 e. The molecule has 0 aliphatic carbocycles. The minimum atomic E-state index is -1.08. The number of nitrogens with zero attached hydrogens (tertiary/aromatic N) is 2. The van der Waals surface area contributed by atoms with Crippen LogP contribution in [0.25, 0.3) is 16.7 Å². The van der Waals surface area contributed by atoms with Gasteiger partial charge in [-0.15, -0.1) is 0 Å². The Labute approximate surface area is 197 Å². The van der Waals surface area contributed by atoms with Crippen LogP contribution in [-0.2, 0) is 0 Å². The van der Waals surface area contributed by atoms with E-state index in [0.29, 0.717) is 49.5 Å². The number of rotatable bonds is 5. The number of carboxylic acid groups (broad SMARTS) is 1. The van der Waals surface area contributed by atoms with Gasteiger partial charge in [-0.1, -0.05) is 40.9 Å². The van der Waals surface area contributed by atoms with Crippen molar-refractivity contribution in [3.8, 4) is 5.69 Å². The molecule has 0 radical (unpaired) electrons. The molecule has 0 saturated heterocycles. The van der Waals surface area contributed by atoms with E-state index in [1.54, 1.807) is 47.9 Å². The summed E-state index contributed by atoms with van der Waals surface area (Å²) in [5.41, 5.74) is 8.22. The Kier molecular flexibility index (Phi) is 5.73. The molecule has 1 heterocycles. The maximum atomic E-state index is 11.7. The van der Waals surface area contributed by atoms with Gasteiger partial charge < -0.3 is 16.2 Å². The van der Waals surface area contributed by atoms with E-state index in [-0.39, 0.29) is 10.6 Å². The lowest BCUT2D eigenvalue weighted by Crippen LogP contribution is -2.13. The molecule has 0 spiro atoms. The largest absolute Gasteiger partial charge is 0.478 e. The van der Waals surface area contributed by atoms with Crippen LogP contribution >= 0.6 is 34.8 Å². The van der Waals surface area contributed by atoms with Crippen LogP contribution in [-0.4, -0.2) is 26.5 Å². The van der Waals surface area contributed by atoms with E-state index < -0.39 is 11.9 Å². The second kappa shape index (κ2) is 8.35. The lowest BCUT2D eigenvalue weighted by Gasteiger charge is -2.16. The van der Waals surface area contributed by atoms with E-state index in [0.717, 1.165) is 0 Å². The fourth-order valence-corrected chi connectivity index (χ4v) is 4.12. The monoisotopic (exact) mass is 488 g/mol. The number of anilines is 2. The van der Waals surface area contributed by atoms with Crippen LogP contribution in [0.2, 0.25) is 15.1 Å². The fraction of sp³-hybridized carbons (Fsp3) is 0.0455. The Morgan fingerprint density at radius 2 is 1.75 bits per heavy atom. The molecule has 0 fully saturated rings. The van der Waals surface area contributed by atoms with Crippen LogP contribution in [0.5, 0.6) is 0 Å². The highest BCUT2D eigenvalue weighted by Gasteiger charge is 2.20. The third kappa shape index (κ3) is 3.75. The Hall–Kier alpha value is -3.26. The molecule has 0 saturated carbocycles. The first-order valence-electron chi connectivity index (χ1n) is 9.25. The zero-order chi connectivity index (χ0) is 23.2. The number of imidazole rings is 1. The molecule has 3 aromatic carbocycles. The topological polar surface area (TPSA) is 110 Å². The van der Waals surface area contributed by atoms with E-state index in [4.69, 9.17) is 40.5 Å². The smallest absolute Gasteiger partial charge is 0.335 e. The van der Waals surface area contributed by atoms with Gasteiger partial charge in [0.05, 0.1) is 43.0 Å². The number of carbonyl (C=O) groups is 2. The van der Waals surface area contributed by atoms with Gasteiger partial charge in [-0.25, -0.2) is 9.78 Å². The number of primary amides is 1. The third-order valence-corrected chi connectivity index (χ3v) is 6.08. The van der Waals surface area contributed by atoms with Gasteiger partial charge in [0.25, 0.3) is 0 Å². The molecular formula is C22H15Cl3N4O3.